The molecule has 0 aromatic rings. The van der Waals surface area contributed by atoms with Crippen LogP contribution in [-0.2, 0) is 31.2 Å². The molecule has 0 amide bonds. The molecular weight excluding hydrogens is 391 g/mol. The van der Waals surface area contributed by atoms with Gasteiger partial charge < -0.3 is 40.2 Å². The van der Waals surface area contributed by atoms with Gasteiger partial charge in [0.25, 0.3) is 0 Å². The summed E-state index contributed by atoms with van der Waals surface area (Å²) in [7, 11) is -22.7. The van der Waals surface area contributed by atoms with Crippen molar-refractivity contribution in [3.8, 4) is 0 Å². The Kier molecular flexibility index (Phi) is 17.4. The second kappa shape index (κ2) is 13.4. The Morgan fingerprint density at radius 3 is 0.826 bits per heavy atom. The molecule has 0 aliphatic rings. The Hall–Kier alpha value is 2.20. The van der Waals surface area contributed by atoms with Gasteiger partial charge in [0.05, 0.1) is 0 Å². The van der Waals surface area contributed by atoms with Crippen molar-refractivity contribution in [2.24, 2.45) is 0 Å². The summed E-state index contributed by atoms with van der Waals surface area (Å²) in [6.45, 7) is 0. The molecule has 124 valence electrons. The number of phosphoric acid groups is 2. The number of rotatable bonds is 10. The fourth-order valence-electron chi connectivity index (χ4n) is 0.711. The van der Waals surface area contributed by atoms with Gasteiger partial charge in [-0.3, -0.25) is 17.8 Å². The maximum absolute atomic E-state index is 11.6. The van der Waals surface area contributed by atoms with Gasteiger partial charge >= 0.3 is 104 Å². The number of hydrogen-bond acceptors (Lipinski definition) is 15. The summed E-state index contributed by atoms with van der Waals surface area (Å²) in [5, 5.41) is 67.4. The zero-order valence-corrected chi connectivity index (χ0v) is 11.4. The van der Waals surface area contributed by atoms with Gasteiger partial charge in [-0.25, -0.2) is 9.13 Å². The first-order valence-electron chi connectivity index (χ1n) is 4.47. The molecule has 0 unspecified atom stereocenters. The molecule has 23 heavy (non-hydrogen) atoms. The summed E-state index contributed by atoms with van der Waals surface area (Å²) in [6, 6.07) is 0. The van der Waals surface area contributed by atoms with Crippen molar-refractivity contribution in [3.63, 3.8) is 0 Å². The maximum atomic E-state index is 11.6. The van der Waals surface area contributed by atoms with Crippen LogP contribution in [0.4, 0.5) is 0 Å². The second-order valence-electron chi connectivity index (χ2n) is 2.70. The molecule has 8 N–H and O–H groups in total. The third kappa shape index (κ3) is 15.0. The van der Waals surface area contributed by atoms with Gasteiger partial charge in [0.15, 0.2) is 0 Å². The average Bonchev–Trinajstić information content (AvgIpc) is 2.07. The first-order chi connectivity index (χ1) is 9.37. The molecule has 0 saturated carbocycles. The van der Waals surface area contributed by atoms with Crippen LogP contribution in [0.3, 0.4) is 0 Å². The van der Waals surface area contributed by atoms with E-state index in [-0.39, 0.29) is 59.1 Å². The summed E-state index contributed by atoms with van der Waals surface area (Å²) in [5.74, 6) is 0. The normalized spacial score (nSPS) is 11.1. The molecule has 0 radical (unpaired) electrons. The first-order valence-corrected chi connectivity index (χ1v) is 7.39. The van der Waals surface area contributed by atoms with Crippen LogP contribution in [0.5, 0.6) is 0 Å². The predicted octanol–water partition coefficient (Wildman–Crippen LogP) is -6.13. The summed E-state index contributed by atoms with van der Waals surface area (Å²) in [4.78, 5) is 0. The summed E-state index contributed by atoms with van der Waals surface area (Å²) >= 11 is 0. The van der Waals surface area contributed by atoms with Crippen molar-refractivity contribution in [2.45, 2.75) is 0 Å². The van der Waals surface area contributed by atoms with Crippen LogP contribution < -0.4 is 0 Å². The second-order valence-corrected chi connectivity index (χ2v) is 5.99. The van der Waals surface area contributed by atoms with E-state index in [9.17, 15) is 9.13 Å². The Balaban J connectivity index is -0.00000200. The van der Waals surface area contributed by atoms with Crippen LogP contribution in [-0.4, -0.2) is 129 Å². The number of hydrogen-bond donors (Lipinski definition) is 8. The Bertz CT molecular complexity index is 335. The van der Waals surface area contributed by atoms with Crippen LogP contribution in [0, 0.1) is 0 Å². The van der Waals surface area contributed by atoms with E-state index >= 15 is 0 Å². The minimum atomic E-state index is -5.52. The van der Waals surface area contributed by atoms with Crippen LogP contribution in [0.25, 0.3) is 0 Å². The van der Waals surface area contributed by atoms with E-state index in [1.54, 1.807) is 0 Å². The van der Waals surface area contributed by atoms with E-state index in [0.717, 1.165) is 0 Å². The van der Waals surface area contributed by atoms with E-state index in [1.807, 2.05) is 0 Å². The van der Waals surface area contributed by atoms with Gasteiger partial charge in [-0.2, -0.15) is 4.31 Å². The van der Waals surface area contributed by atoms with Crippen molar-refractivity contribution in [1.82, 2.24) is 0 Å². The zero-order valence-electron chi connectivity index (χ0n) is 9.64. The first kappa shape index (κ1) is 29.9. The van der Waals surface area contributed by atoms with E-state index in [4.69, 9.17) is 40.2 Å². The van der Waals surface area contributed by atoms with Crippen LogP contribution in [0.15, 0.2) is 0 Å². The van der Waals surface area contributed by atoms with Crippen LogP contribution in [0.2, 0.25) is 0 Å². The van der Waals surface area contributed by atoms with Crippen LogP contribution in [0.1, 0.15) is 0 Å². The molecule has 0 bridgehead atoms. The van der Waals surface area contributed by atoms with Gasteiger partial charge in [0, 0.05) is 0 Å². The molecule has 23 heteroatoms. The van der Waals surface area contributed by atoms with Gasteiger partial charge in [0.1, 0.15) is 0 Å². The molecule has 15 nitrogen and oxygen atoms in total. The SMILES string of the molecule is O=P(OB(O)O)(OB(O)O)OP(=O)(OB(O)O)OB(O)O.[NaH].[NaH]. The summed E-state index contributed by atoms with van der Waals surface area (Å²) in [5.41, 5.74) is 0. The Labute approximate surface area is 174 Å². The van der Waals surface area contributed by atoms with Gasteiger partial charge in [-0.1, -0.05) is 0 Å². The molecule has 0 rings (SSSR count). The zero-order chi connectivity index (χ0) is 16.8. The van der Waals surface area contributed by atoms with E-state index in [2.05, 4.69) is 22.1 Å². The fourth-order valence-corrected chi connectivity index (χ4v) is 3.33. The standard InChI is InChI=1S/B4H8O15P2.2Na.2H/c5-1(6)15-20(13,16-2(7)8)19-21(14,17-3(9)10)18-4(11)12;;;;/h5-12H;;;;. The van der Waals surface area contributed by atoms with Crippen LogP contribution >= 0.6 is 15.6 Å². The van der Waals surface area contributed by atoms with Gasteiger partial charge in [-0.15, -0.1) is 0 Å². The Morgan fingerprint density at radius 2 is 0.696 bits per heavy atom. The van der Waals surface area contributed by atoms with Crippen molar-refractivity contribution in [1.29, 1.82) is 0 Å². The van der Waals surface area contributed by atoms with Gasteiger partial charge in [-0.05, 0) is 0 Å². The molecule has 0 aliphatic heterocycles. The Morgan fingerprint density at radius 1 is 0.522 bits per heavy atom. The van der Waals surface area contributed by atoms with Crippen molar-refractivity contribution < 1.29 is 71.4 Å². The van der Waals surface area contributed by atoms with E-state index in [0.29, 0.717) is 0 Å². The van der Waals surface area contributed by atoms with E-state index < -0.39 is 44.9 Å². The van der Waals surface area contributed by atoms with E-state index in [1.165, 1.54) is 0 Å². The molecule has 0 spiro atoms. The molecule has 0 fully saturated rings. The minimum absolute atomic E-state index is 0. The summed E-state index contributed by atoms with van der Waals surface area (Å²) < 4.78 is 41.7. The monoisotopic (exact) mass is 402 g/mol. The molecule has 0 aromatic carbocycles. The quantitative estimate of drug-likeness (QED) is 0.125. The summed E-state index contributed by atoms with van der Waals surface area (Å²) in [6.07, 6.45) is 0. The molecule has 0 aliphatic carbocycles. The van der Waals surface area contributed by atoms with Crippen molar-refractivity contribution in [3.05, 3.63) is 0 Å². The fraction of sp³-hybridized carbons (Fsp3) is 0. The topological polar surface area (TPSA) is 242 Å². The molecule has 0 saturated heterocycles. The van der Waals surface area contributed by atoms with Gasteiger partial charge in [0.2, 0.25) is 0 Å². The van der Waals surface area contributed by atoms with Crippen molar-refractivity contribution >= 4 is 104 Å². The third-order valence-electron chi connectivity index (χ3n) is 1.09. The van der Waals surface area contributed by atoms with Crippen molar-refractivity contribution in [2.75, 3.05) is 0 Å². The average molecular weight is 401 g/mol. The molecular formula is H10B4Na2O15P2. The molecule has 0 aromatic heterocycles. The molecule has 0 atom stereocenters. The predicted molar refractivity (Wildman–Crippen MR) is 75.7 cm³/mol. The third-order valence-corrected chi connectivity index (χ3v) is 4.48. The molecule has 0 heterocycles.